The number of nitrogens with one attached hydrogen (secondary N) is 1. The second-order valence-electron chi connectivity index (χ2n) is 6.83. The monoisotopic (exact) mass is 398 g/mol. The van der Waals surface area contributed by atoms with Crippen LogP contribution in [-0.4, -0.2) is 43.4 Å². The van der Waals surface area contributed by atoms with Gasteiger partial charge in [-0.2, -0.15) is 0 Å². The summed E-state index contributed by atoms with van der Waals surface area (Å²) in [5.74, 6) is 2.24. The number of benzene rings is 2. The Labute approximate surface area is 168 Å². The Kier molecular flexibility index (Phi) is 4.92. The first kappa shape index (κ1) is 18.9. The number of nitrogens with zero attached hydrogens (tertiary/aromatic N) is 1. The first-order valence-corrected chi connectivity index (χ1v) is 9.41. The number of carbonyl (C=O) groups excluding carboxylic acids is 2. The van der Waals surface area contributed by atoms with Gasteiger partial charge in [0, 0.05) is 0 Å². The Morgan fingerprint density at radius 2 is 1.72 bits per heavy atom. The summed E-state index contributed by atoms with van der Waals surface area (Å²) in [7, 11) is 0. The van der Waals surface area contributed by atoms with Gasteiger partial charge < -0.3 is 24.3 Å². The van der Waals surface area contributed by atoms with Crippen molar-refractivity contribution in [2.75, 3.05) is 26.6 Å². The zero-order valence-electron chi connectivity index (χ0n) is 16.3. The number of hydrogen-bond donors (Lipinski definition) is 1. The predicted molar refractivity (Wildman–Crippen MR) is 103 cm³/mol. The fraction of sp³-hybridized carbons (Fsp3) is 0.333. The number of fused-ring (bicyclic) bond motifs is 1. The lowest BCUT2D eigenvalue weighted by Crippen LogP contribution is -2.41. The summed E-state index contributed by atoms with van der Waals surface area (Å²) in [6, 6.07) is 11.9. The van der Waals surface area contributed by atoms with E-state index in [-0.39, 0.29) is 25.9 Å². The number of urea groups is 1. The van der Waals surface area contributed by atoms with E-state index in [1.807, 2.05) is 19.1 Å². The summed E-state index contributed by atoms with van der Waals surface area (Å²) in [4.78, 5) is 26.6. The van der Waals surface area contributed by atoms with Crippen molar-refractivity contribution in [3.63, 3.8) is 0 Å². The third-order valence-corrected chi connectivity index (χ3v) is 4.94. The van der Waals surface area contributed by atoms with Crippen molar-refractivity contribution in [1.29, 1.82) is 0 Å². The van der Waals surface area contributed by atoms with Gasteiger partial charge in [0.25, 0.3) is 5.91 Å². The van der Waals surface area contributed by atoms with Crippen molar-refractivity contribution in [2.24, 2.45) is 0 Å². The van der Waals surface area contributed by atoms with Crippen LogP contribution in [0.15, 0.2) is 42.5 Å². The van der Waals surface area contributed by atoms with E-state index in [1.165, 1.54) is 4.90 Å². The van der Waals surface area contributed by atoms with E-state index in [0.717, 1.165) is 5.75 Å². The van der Waals surface area contributed by atoms with Gasteiger partial charge in [0.15, 0.2) is 11.5 Å². The Bertz CT molecular complexity index is 929. The molecular formula is C21H22N2O6. The minimum atomic E-state index is -1.17. The van der Waals surface area contributed by atoms with Crippen molar-refractivity contribution in [1.82, 2.24) is 10.2 Å². The number of rotatable bonds is 7. The van der Waals surface area contributed by atoms with Gasteiger partial charge in [0.05, 0.1) is 13.2 Å². The third kappa shape index (κ3) is 3.53. The molecule has 2 aromatic carbocycles. The van der Waals surface area contributed by atoms with E-state index in [0.29, 0.717) is 29.4 Å². The molecule has 1 fully saturated rings. The standard InChI is InChI=1S/C21H22N2O6/c1-3-26-15-5-7-16(8-6-15)27-11-10-23-19(24)21(2,22-20(23)25)14-4-9-17-18(12-14)29-13-28-17/h4-9,12H,3,10-11,13H2,1-2H3,(H,22,25)/t21-/m0/s1. The van der Waals surface area contributed by atoms with Crippen molar-refractivity contribution >= 4 is 11.9 Å². The molecular weight excluding hydrogens is 376 g/mol. The smallest absolute Gasteiger partial charge is 0.325 e. The molecule has 1 N–H and O–H groups in total. The van der Waals surface area contributed by atoms with Crippen LogP contribution in [-0.2, 0) is 10.3 Å². The number of ether oxygens (including phenoxy) is 4. The fourth-order valence-electron chi connectivity index (χ4n) is 3.36. The molecule has 8 heteroatoms. The van der Waals surface area contributed by atoms with E-state index in [4.69, 9.17) is 18.9 Å². The number of imide groups is 1. The highest BCUT2D eigenvalue weighted by atomic mass is 16.7. The molecule has 2 aliphatic heterocycles. The molecule has 0 bridgehead atoms. The SMILES string of the molecule is CCOc1ccc(OCCN2C(=O)N[C@@](C)(c3ccc4c(c3)OCO4)C2=O)cc1. The molecule has 2 aromatic rings. The molecule has 0 radical (unpaired) electrons. The molecule has 0 spiro atoms. The average molecular weight is 398 g/mol. The van der Waals surface area contributed by atoms with Gasteiger partial charge in [-0.25, -0.2) is 4.79 Å². The van der Waals surface area contributed by atoms with E-state index in [1.54, 1.807) is 37.3 Å². The first-order valence-electron chi connectivity index (χ1n) is 9.41. The van der Waals surface area contributed by atoms with Crippen LogP contribution in [0.3, 0.4) is 0 Å². The van der Waals surface area contributed by atoms with E-state index >= 15 is 0 Å². The van der Waals surface area contributed by atoms with Gasteiger partial charge >= 0.3 is 6.03 Å². The topological polar surface area (TPSA) is 86.3 Å². The van der Waals surface area contributed by atoms with Crippen molar-refractivity contribution in [2.45, 2.75) is 19.4 Å². The molecule has 3 amide bonds. The predicted octanol–water partition coefficient (Wildman–Crippen LogP) is 2.66. The Morgan fingerprint density at radius 1 is 1.03 bits per heavy atom. The minimum Gasteiger partial charge on any atom is -0.494 e. The molecule has 4 rings (SSSR count). The Hall–Kier alpha value is -3.42. The molecule has 1 saturated heterocycles. The van der Waals surface area contributed by atoms with Gasteiger partial charge in [0.2, 0.25) is 6.79 Å². The molecule has 0 saturated carbocycles. The lowest BCUT2D eigenvalue weighted by atomic mass is 9.91. The number of amides is 3. The van der Waals surface area contributed by atoms with Gasteiger partial charge in [-0.1, -0.05) is 6.07 Å². The van der Waals surface area contributed by atoms with Crippen LogP contribution >= 0.6 is 0 Å². The zero-order valence-corrected chi connectivity index (χ0v) is 16.3. The highest BCUT2D eigenvalue weighted by Crippen LogP contribution is 2.37. The van der Waals surface area contributed by atoms with Crippen LogP contribution in [0.25, 0.3) is 0 Å². The number of carbonyl (C=O) groups is 2. The minimum absolute atomic E-state index is 0.137. The zero-order chi connectivity index (χ0) is 20.4. The summed E-state index contributed by atoms with van der Waals surface area (Å²) in [6.07, 6.45) is 0. The fourth-order valence-corrected chi connectivity index (χ4v) is 3.36. The Morgan fingerprint density at radius 3 is 2.45 bits per heavy atom. The molecule has 1 atom stereocenters. The van der Waals surface area contributed by atoms with E-state index in [9.17, 15) is 9.59 Å². The molecule has 29 heavy (non-hydrogen) atoms. The van der Waals surface area contributed by atoms with Crippen LogP contribution in [0.5, 0.6) is 23.0 Å². The van der Waals surface area contributed by atoms with Crippen LogP contribution < -0.4 is 24.3 Å². The van der Waals surface area contributed by atoms with Gasteiger partial charge in [-0.15, -0.1) is 0 Å². The first-order chi connectivity index (χ1) is 14.0. The van der Waals surface area contributed by atoms with Gasteiger partial charge in [0.1, 0.15) is 23.6 Å². The van der Waals surface area contributed by atoms with Crippen LogP contribution in [0.4, 0.5) is 4.79 Å². The summed E-state index contributed by atoms with van der Waals surface area (Å²) < 4.78 is 21.7. The maximum Gasteiger partial charge on any atom is 0.325 e. The van der Waals surface area contributed by atoms with E-state index in [2.05, 4.69) is 5.32 Å². The second kappa shape index (κ2) is 7.54. The number of hydrogen-bond acceptors (Lipinski definition) is 6. The highest BCUT2D eigenvalue weighted by Gasteiger charge is 2.49. The molecule has 8 nitrogen and oxygen atoms in total. The molecule has 0 aromatic heterocycles. The molecule has 0 aliphatic carbocycles. The normalized spacial score (nSPS) is 20.0. The van der Waals surface area contributed by atoms with Crippen LogP contribution in [0, 0.1) is 0 Å². The van der Waals surface area contributed by atoms with Crippen molar-refractivity contribution in [3.05, 3.63) is 48.0 Å². The maximum absolute atomic E-state index is 13.0. The second-order valence-corrected chi connectivity index (χ2v) is 6.83. The van der Waals surface area contributed by atoms with Crippen LogP contribution in [0.2, 0.25) is 0 Å². The molecule has 2 aliphatic rings. The van der Waals surface area contributed by atoms with Gasteiger partial charge in [-0.05, 0) is 55.8 Å². The highest BCUT2D eigenvalue weighted by molar-refractivity contribution is 6.07. The molecule has 2 heterocycles. The largest absolute Gasteiger partial charge is 0.494 e. The summed E-state index contributed by atoms with van der Waals surface area (Å²) in [5, 5.41) is 2.78. The lowest BCUT2D eigenvalue weighted by molar-refractivity contribution is -0.131. The van der Waals surface area contributed by atoms with Crippen LogP contribution in [0.1, 0.15) is 19.4 Å². The maximum atomic E-state index is 13.0. The lowest BCUT2D eigenvalue weighted by Gasteiger charge is -2.22. The molecule has 0 unspecified atom stereocenters. The third-order valence-electron chi connectivity index (χ3n) is 4.94. The summed E-state index contributed by atoms with van der Waals surface area (Å²) >= 11 is 0. The van der Waals surface area contributed by atoms with Crippen molar-refractivity contribution < 1.29 is 28.5 Å². The van der Waals surface area contributed by atoms with E-state index < -0.39 is 11.6 Å². The Balaban J connectivity index is 1.40. The summed E-state index contributed by atoms with van der Waals surface area (Å²) in [5.41, 5.74) is -0.535. The summed E-state index contributed by atoms with van der Waals surface area (Å²) in [6.45, 7) is 4.65. The molecule has 152 valence electrons. The average Bonchev–Trinajstić information content (AvgIpc) is 3.27. The van der Waals surface area contributed by atoms with Crippen molar-refractivity contribution in [3.8, 4) is 23.0 Å². The van der Waals surface area contributed by atoms with Gasteiger partial charge in [-0.3, -0.25) is 9.69 Å². The quantitative estimate of drug-likeness (QED) is 0.722.